The number of nitrogens with two attached hydrogens (primary N) is 1. The normalized spacial score (nSPS) is 10.4. The van der Waals surface area contributed by atoms with Crippen molar-refractivity contribution in [3.8, 4) is 5.75 Å². The summed E-state index contributed by atoms with van der Waals surface area (Å²) in [6.07, 6.45) is 1.09. The van der Waals surface area contributed by atoms with Crippen LogP contribution in [0.3, 0.4) is 0 Å². The Bertz CT molecular complexity index is 294. The van der Waals surface area contributed by atoms with Gasteiger partial charge in [0.15, 0.2) is 0 Å². The van der Waals surface area contributed by atoms with E-state index in [0.29, 0.717) is 0 Å². The minimum Gasteiger partial charge on any atom is -0.488 e. The molecule has 90 valence electrons. The van der Waals surface area contributed by atoms with Gasteiger partial charge in [-0.2, -0.15) is 0 Å². The third-order valence-corrected chi connectivity index (χ3v) is 2.64. The second-order valence-corrected chi connectivity index (χ2v) is 4.43. The van der Waals surface area contributed by atoms with Crippen LogP contribution >= 0.6 is 15.9 Å². The molecule has 0 bridgehead atoms. The van der Waals surface area contributed by atoms with E-state index in [9.17, 15) is 0 Å². The first kappa shape index (κ1) is 13.5. The van der Waals surface area contributed by atoms with Gasteiger partial charge in [0.25, 0.3) is 0 Å². The van der Waals surface area contributed by atoms with E-state index in [4.69, 9.17) is 9.47 Å². The Balaban J connectivity index is 2.03. The van der Waals surface area contributed by atoms with Gasteiger partial charge in [-0.3, -0.25) is 0 Å². The first-order valence-corrected chi connectivity index (χ1v) is 6.31. The predicted molar refractivity (Wildman–Crippen MR) is 67.8 cm³/mol. The van der Waals surface area contributed by atoms with Gasteiger partial charge in [-0.05, 0) is 18.2 Å². The fraction of sp³-hybridized carbons (Fsp3) is 0.500. The highest BCUT2D eigenvalue weighted by atomic mass is 79.9. The molecular formula is C12H19BrNO2+. The lowest BCUT2D eigenvalue weighted by molar-refractivity contribution is -0.655. The molecule has 0 fully saturated rings. The van der Waals surface area contributed by atoms with Crippen LogP contribution in [0.1, 0.15) is 6.42 Å². The molecule has 0 atom stereocenters. The molecule has 0 aliphatic heterocycles. The second kappa shape index (κ2) is 8.56. The maximum absolute atomic E-state index is 5.60. The van der Waals surface area contributed by atoms with E-state index in [-0.39, 0.29) is 0 Å². The zero-order valence-electron chi connectivity index (χ0n) is 9.62. The summed E-state index contributed by atoms with van der Waals surface area (Å²) in [7, 11) is 1.73. The van der Waals surface area contributed by atoms with Gasteiger partial charge in [-0.1, -0.05) is 22.0 Å². The van der Waals surface area contributed by atoms with Gasteiger partial charge >= 0.3 is 0 Å². The number of hydrogen-bond donors (Lipinski definition) is 1. The molecule has 0 aromatic heterocycles. The molecule has 2 N–H and O–H groups in total. The van der Waals surface area contributed by atoms with E-state index >= 15 is 0 Å². The van der Waals surface area contributed by atoms with Gasteiger partial charge in [-0.15, -0.1) is 0 Å². The quantitative estimate of drug-likeness (QED) is 0.735. The molecule has 0 aliphatic carbocycles. The first-order chi connectivity index (χ1) is 7.83. The van der Waals surface area contributed by atoms with Crippen molar-refractivity contribution in [2.24, 2.45) is 0 Å². The zero-order valence-corrected chi connectivity index (χ0v) is 11.2. The minimum absolute atomic E-state index is 0.740. The van der Waals surface area contributed by atoms with E-state index in [1.54, 1.807) is 7.11 Å². The van der Waals surface area contributed by atoms with Gasteiger partial charge in [0, 0.05) is 18.0 Å². The molecule has 1 aromatic rings. The molecule has 1 rings (SSSR count). The van der Waals surface area contributed by atoms with Crippen LogP contribution < -0.4 is 10.1 Å². The molecule has 0 unspecified atom stereocenters. The van der Waals surface area contributed by atoms with Gasteiger partial charge in [-0.25, -0.2) is 0 Å². The molecule has 3 nitrogen and oxygen atoms in total. The summed E-state index contributed by atoms with van der Waals surface area (Å²) in [5.74, 6) is 0.916. The lowest BCUT2D eigenvalue weighted by atomic mass is 10.3. The van der Waals surface area contributed by atoms with Crippen molar-refractivity contribution in [2.75, 3.05) is 33.4 Å². The number of methoxy groups -OCH3 is 1. The standard InChI is InChI=1S/C12H18BrNO2/c1-15-8-3-6-14-7-9-16-12-5-2-4-11(13)10-12/h2,4-5,10,14H,3,6-9H2,1H3/p+1. The lowest BCUT2D eigenvalue weighted by Gasteiger charge is -2.05. The van der Waals surface area contributed by atoms with Crippen LogP contribution in [-0.2, 0) is 4.74 Å². The molecule has 0 spiro atoms. The van der Waals surface area contributed by atoms with Gasteiger partial charge in [0.05, 0.1) is 13.2 Å². The van der Waals surface area contributed by atoms with E-state index in [1.807, 2.05) is 24.3 Å². The molecule has 16 heavy (non-hydrogen) atoms. The van der Waals surface area contributed by atoms with Crippen molar-refractivity contribution in [1.29, 1.82) is 0 Å². The number of quaternary nitrogens is 1. The van der Waals surface area contributed by atoms with Crippen LogP contribution in [0.15, 0.2) is 28.7 Å². The molecule has 0 heterocycles. The highest BCUT2D eigenvalue weighted by Gasteiger charge is 1.95. The smallest absolute Gasteiger partial charge is 0.137 e. The predicted octanol–water partition coefficient (Wildman–Crippen LogP) is 1.43. The largest absolute Gasteiger partial charge is 0.488 e. The summed E-state index contributed by atoms with van der Waals surface area (Å²) in [4.78, 5) is 0. The highest BCUT2D eigenvalue weighted by molar-refractivity contribution is 9.10. The number of rotatable bonds is 8. The molecule has 0 saturated heterocycles. The Kier molecular flexibility index (Phi) is 7.21. The lowest BCUT2D eigenvalue weighted by Crippen LogP contribution is -2.85. The van der Waals surface area contributed by atoms with Crippen LogP contribution in [-0.4, -0.2) is 33.4 Å². The summed E-state index contributed by atoms with van der Waals surface area (Å²) in [5.41, 5.74) is 0. The van der Waals surface area contributed by atoms with Crippen molar-refractivity contribution < 1.29 is 14.8 Å². The molecule has 0 radical (unpaired) electrons. The van der Waals surface area contributed by atoms with Crippen LogP contribution in [0, 0.1) is 0 Å². The molecule has 4 heteroatoms. The maximum Gasteiger partial charge on any atom is 0.137 e. The minimum atomic E-state index is 0.740. The van der Waals surface area contributed by atoms with Gasteiger partial charge < -0.3 is 14.8 Å². The Morgan fingerprint density at radius 3 is 2.88 bits per heavy atom. The summed E-state index contributed by atoms with van der Waals surface area (Å²) in [6, 6.07) is 7.91. The Labute approximate surface area is 105 Å². The van der Waals surface area contributed by atoms with Gasteiger partial charge in [0.1, 0.15) is 18.9 Å². The fourth-order valence-corrected chi connectivity index (χ4v) is 1.71. The first-order valence-electron chi connectivity index (χ1n) is 5.52. The van der Waals surface area contributed by atoms with Crippen LogP contribution in [0.4, 0.5) is 0 Å². The topological polar surface area (TPSA) is 35.1 Å². The molecular weight excluding hydrogens is 270 g/mol. The van der Waals surface area contributed by atoms with E-state index in [1.165, 1.54) is 0 Å². The second-order valence-electron chi connectivity index (χ2n) is 3.52. The Hall–Kier alpha value is -0.580. The third-order valence-electron chi connectivity index (χ3n) is 2.14. The monoisotopic (exact) mass is 288 g/mol. The van der Waals surface area contributed by atoms with Crippen molar-refractivity contribution in [1.82, 2.24) is 0 Å². The van der Waals surface area contributed by atoms with Gasteiger partial charge in [0.2, 0.25) is 0 Å². The average molecular weight is 289 g/mol. The van der Waals surface area contributed by atoms with Crippen LogP contribution in [0.2, 0.25) is 0 Å². The molecule has 0 aliphatic rings. The van der Waals surface area contributed by atoms with E-state index in [0.717, 1.165) is 42.9 Å². The SMILES string of the molecule is COCCC[NH2+]CCOc1cccc(Br)c1. The Morgan fingerprint density at radius 1 is 1.25 bits per heavy atom. The number of benzene rings is 1. The third kappa shape index (κ3) is 6.10. The zero-order chi connectivity index (χ0) is 11.6. The average Bonchev–Trinajstić information content (AvgIpc) is 2.28. The van der Waals surface area contributed by atoms with E-state index in [2.05, 4.69) is 21.2 Å². The number of halogens is 1. The van der Waals surface area contributed by atoms with Crippen molar-refractivity contribution in [3.05, 3.63) is 28.7 Å². The Morgan fingerprint density at radius 2 is 2.12 bits per heavy atom. The van der Waals surface area contributed by atoms with Crippen molar-refractivity contribution in [3.63, 3.8) is 0 Å². The van der Waals surface area contributed by atoms with E-state index < -0.39 is 0 Å². The van der Waals surface area contributed by atoms with Crippen molar-refractivity contribution >= 4 is 15.9 Å². The summed E-state index contributed by atoms with van der Waals surface area (Å²) in [6.45, 7) is 3.65. The molecule has 0 amide bonds. The molecule has 1 aromatic carbocycles. The summed E-state index contributed by atoms with van der Waals surface area (Å²) < 4.78 is 11.6. The van der Waals surface area contributed by atoms with Crippen molar-refractivity contribution in [2.45, 2.75) is 6.42 Å². The maximum atomic E-state index is 5.60. The molecule has 0 saturated carbocycles. The number of ether oxygens (including phenoxy) is 2. The number of hydrogen-bond acceptors (Lipinski definition) is 2. The summed E-state index contributed by atoms with van der Waals surface area (Å²) in [5, 5.41) is 2.25. The van der Waals surface area contributed by atoms with Crippen LogP contribution in [0.5, 0.6) is 5.75 Å². The highest BCUT2D eigenvalue weighted by Crippen LogP contribution is 2.17. The van der Waals surface area contributed by atoms with Crippen LogP contribution in [0.25, 0.3) is 0 Å². The fourth-order valence-electron chi connectivity index (χ4n) is 1.33. The summed E-state index contributed by atoms with van der Waals surface area (Å²) >= 11 is 3.41.